The Bertz CT molecular complexity index is 132. The van der Waals surface area contributed by atoms with Crippen molar-refractivity contribution < 1.29 is 9.53 Å². The third kappa shape index (κ3) is 7.46. The van der Waals surface area contributed by atoms with Gasteiger partial charge in [-0.25, -0.2) is 4.79 Å². The minimum absolute atomic E-state index is 0.283. The molecule has 0 rings (SSSR count). The molecule has 0 fully saturated rings. The fourth-order valence-electron chi connectivity index (χ4n) is 0.467. The number of ether oxygens (including phenoxy) is 1. The predicted molar refractivity (Wildman–Crippen MR) is 48.5 cm³/mol. The number of rotatable bonds is 5. The van der Waals surface area contributed by atoms with E-state index < -0.39 is 0 Å². The third-order valence-corrected chi connectivity index (χ3v) is 1.97. The second-order valence-electron chi connectivity index (χ2n) is 2.05. The van der Waals surface area contributed by atoms with Crippen LogP contribution in [-0.2, 0) is 9.53 Å². The van der Waals surface area contributed by atoms with Crippen LogP contribution in [-0.4, -0.2) is 18.8 Å². The molecule has 0 unspecified atom stereocenters. The van der Waals surface area contributed by atoms with E-state index in [1.165, 1.54) is 26.0 Å². The normalized spacial score (nSPS) is 10.4. The molecule has 11 heavy (non-hydrogen) atoms. The Hall–Kier alpha value is -0.440. The smallest absolute Gasteiger partial charge is 0.330 e. The first-order valence-corrected chi connectivity index (χ1v) is 4.72. The molecule has 3 heteroatoms. The average Bonchev–Trinajstić information content (AvgIpc) is 2.04. The molecule has 2 nitrogen and oxygen atoms in total. The number of esters is 1. The lowest BCUT2D eigenvalue weighted by Crippen LogP contribution is -1.92. The first-order chi connectivity index (χ1) is 5.31. The maximum absolute atomic E-state index is 10.5. The molecule has 0 aliphatic rings. The second kappa shape index (κ2) is 7.66. The quantitative estimate of drug-likeness (QED) is 0.363. The van der Waals surface area contributed by atoms with Crippen molar-refractivity contribution in [2.24, 2.45) is 0 Å². The number of thioether (sulfide) groups is 1. The Kier molecular flexibility index (Phi) is 7.36. The fraction of sp³-hybridized carbons (Fsp3) is 0.625. The molecule has 0 saturated carbocycles. The maximum atomic E-state index is 10.5. The Morgan fingerprint density at radius 2 is 2.36 bits per heavy atom. The third-order valence-electron chi connectivity index (χ3n) is 1.12. The molecule has 0 radical (unpaired) electrons. The fourth-order valence-corrected chi connectivity index (χ4v) is 1.27. The lowest BCUT2D eigenvalue weighted by atomic mass is 10.4. The van der Waals surface area contributed by atoms with Crippen LogP contribution in [0.5, 0.6) is 0 Å². The minimum Gasteiger partial charge on any atom is -0.466 e. The van der Waals surface area contributed by atoms with Crippen LogP contribution in [0.2, 0.25) is 0 Å². The van der Waals surface area contributed by atoms with Gasteiger partial charge in [0.1, 0.15) is 0 Å². The minimum atomic E-state index is -0.283. The van der Waals surface area contributed by atoms with Crippen molar-refractivity contribution >= 4 is 17.7 Å². The molecular weight excluding hydrogens is 160 g/mol. The van der Waals surface area contributed by atoms with E-state index in [0.717, 1.165) is 5.75 Å². The summed E-state index contributed by atoms with van der Waals surface area (Å²) in [5.41, 5.74) is 0. The number of carbonyl (C=O) groups is 1. The Labute approximate surface area is 72.0 Å². The first kappa shape index (κ1) is 10.6. The number of methoxy groups -OCH3 is 1. The summed E-state index contributed by atoms with van der Waals surface area (Å²) in [6.07, 6.45) is 3.83. The highest BCUT2D eigenvalue weighted by atomic mass is 32.2. The predicted octanol–water partition coefficient (Wildman–Crippen LogP) is 2.21. The van der Waals surface area contributed by atoms with E-state index in [0.29, 0.717) is 0 Å². The van der Waals surface area contributed by atoms with Crippen molar-refractivity contribution in [1.29, 1.82) is 0 Å². The molecule has 0 N–H and O–H groups in total. The van der Waals surface area contributed by atoms with E-state index in [4.69, 9.17) is 0 Å². The summed E-state index contributed by atoms with van der Waals surface area (Å²) in [6.45, 7) is 2.14. The van der Waals surface area contributed by atoms with E-state index >= 15 is 0 Å². The van der Waals surface area contributed by atoms with Gasteiger partial charge >= 0.3 is 5.97 Å². The molecule has 0 aromatic carbocycles. The van der Waals surface area contributed by atoms with Crippen molar-refractivity contribution in [2.75, 3.05) is 12.9 Å². The summed E-state index contributed by atoms with van der Waals surface area (Å²) in [4.78, 5) is 10.5. The van der Waals surface area contributed by atoms with Crippen LogP contribution in [0.25, 0.3) is 0 Å². The standard InChI is InChI=1S/C8H14O2S/c1-3-4-6-11-7-5-8(9)10-2/h5,7H,3-4,6H2,1-2H3. The largest absolute Gasteiger partial charge is 0.466 e. The van der Waals surface area contributed by atoms with Gasteiger partial charge in [-0.15, -0.1) is 11.8 Å². The number of hydrogen-bond donors (Lipinski definition) is 0. The SMILES string of the molecule is CCCCSC=CC(=O)OC. The summed E-state index contributed by atoms with van der Waals surface area (Å²) >= 11 is 1.64. The Morgan fingerprint density at radius 1 is 1.64 bits per heavy atom. The molecule has 0 aromatic rings. The molecule has 0 heterocycles. The molecule has 0 saturated heterocycles. The Balaban J connectivity index is 3.22. The van der Waals surface area contributed by atoms with Gasteiger partial charge in [-0.1, -0.05) is 13.3 Å². The van der Waals surface area contributed by atoms with Crippen molar-refractivity contribution in [2.45, 2.75) is 19.8 Å². The molecular formula is C8H14O2S. The van der Waals surface area contributed by atoms with Gasteiger partial charge < -0.3 is 4.74 Å². The van der Waals surface area contributed by atoms with Gasteiger partial charge in [0.2, 0.25) is 0 Å². The zero-order valence-electron chi connectivity index (χ0n) is 7.00. The second-order valence-corrected chi connectivity index (χ2v) is 3.06. The van der Waals surface area contributed by atoms with Crippen LogP contribution in [0.1, 0.15) is 19.8 Å². The van der Waals surface area contributed by atoms with Crippen LogP contribution < -0.4 is 0 Å². The molecule has 0 spiro atoms. The van der Waals surface area contributed by atoms with Gasteiger partial charge in [-0.2, -0.15) is 0 Å². The molecule has 64 valence electrons. The summed E-state index contributed by atoms with van der Waals surface area (Å²) in [7, 11) is 1.38. The lowest BCUT2D eigenvalue weighted by Gasteiger charge is -1.91. The summed E-state index contributed by atoms with van der Waals surface area (Å²) in [5, 5.41) is 1.78. The van der Waals surface area contributed by atoms with Crippen LogP contribution in [0.3, 0.4) is 0 Å². The van der Waals surface area contributed by atoms with Crippen molar-refractivity contribution in [1.82, 2.24) is 0 Å². The highest BCUT2D eigenvalue weighted by Gasteiger charge is 1.88. The van der Waals surface area contributed by atoms with Crippen LogP contribution in [0, 0.1) is 0 Å². The van der Waals surface area contributed by atoms with Gasteiger partial charge in [-0.05, 0) is 17.6 Å². The average molecular weight is 174 g/mol. The van der Waals surface area contributed by atoms with Gasteiger partial charge in [0, 0.05) is 6.08 Å². The highest BCUT2D eigenvalue weighted by molar-refractivity contribution is 8.02. The van der Waals surface area contributed by atoms with Crippen LogP contribution >= 0.6 is 11.8 Å². The van der Waals surface area contributed by atoms with E-state index in [2.05, 4.69) is 11.7 Å². The molecule has 0 aliphatic carbocycles. The van der Waals surface area contributed by atoms with Crippen molar-refractivity contribution in [3.63, 3.8) is 0 Å². The number of unbranched alkanes of at least 4 members (excludes halogenated alkanes) is 1. The number of hydrogen-bond acceptors (Lipinski definition) is 3. The Morgan fingerprint density at radius 3 is 2.91 bits per heavy atom. The highest BCUT2D eigenvalue weighted by Crippen LogP contribution is 2.05. The number of carbonyl (C=O) groups excluding carboxylic acids is 1. The zero-order valence-corrected chi connectivity index (χ0v) is 7.82. The van der Waals surface area contributed by atoms with Gasteiger partial charge in [0.05, 0.1) is 7.11 Å². The van der Waals surface area contributed by atoms with E-state index in [-0.39, 0.29) is 5.97 Å². The monoisotopic (exact) mass is 174 g/mol. The van der Waals surface area contributed by atoms with Gasteiger partial charge in [-0.3, -0.25) is 0 Å². The maximum Gasteiger partial charge on any atom is 0.330 e. The van der Waals surface area contributed by atoms with Crippen LogP contribution in [0.15, 0.2) is 11.5 Å². The topological polar surface area (TPSA) is 26.3 Å². The molecule has 0 aromatic heterocycles. The molecule has 0 amide bonds. The summed E-state index contributed by atoms with van der Waals surface area (Å²) in [6, 6.07) is 0. The van der Waals surface area contributed by atoms with Crippen LogP contribution in [0.4, 0.5) is 0 Å². The molecule has 0 bridgehead atoms. The van der Waals surface area contributed by atoms with E-state index in [1.807, 2.05) is 0 Å². The van der Waals surface area contributed by atoms with Crippen molar-refractivity contribution in [3.05, 3.63) is 11.5 Å². The summed E-state index contributed by atoms with van der Waals surface area (Å²) < 4.78 is 4.42. The first-order valence-electron chi connectivity index (χ1n) is 3.67. The van der Waals surface area contributed by atoms with Crippen molar-refractivity contribution in [3.8, 4) is 0 Å². The zero-order chi connectivity index (χ0) is 8.53. The van der Waals surface area contributed by atoms with Gasteiger partial charge in [0.25, 0.3) is 0 Å². The lowest BCUT2D eigenvalue weighted by molar-refractivity contribution is -0.134. The molecule has 0 aliphatic heterocycles. The van der Waals surface area contributed by atoms with E-state index in [9.17, 15) is 4.79 Å². The molecule has 0 atom stereocenters. The van der Waals surface area contributed by atoms with Gasteiger partial charge in [0.15, 0.2) is 0 Å². The summed E-state index contributed by atoms with van der Waals surface area (Å²) in [5.74, 6) is 0.790. The van der Waals surface area contributed by atoms with E-state index in [1.54, 1.807) is 17.2 Å².